The van der Waals surface area contributed by atoms with Crippen LogP contribution in [0.4, 0.5) is 9.18 Å². The number of carboxylic acids is 1. The molecule has 1 fully saturated rings. The highest BCUT2D eigenvalue weighted by Crippen LogP contribution is 2.46. The van der Waals surface area contributed by atoms with E-state index in [9.17, 15) is 44.7 Å². The molecule has 1 unspecified atom stereocenters. The molecule has 5 aromatic rings. The number of carbonyl (C=O) groups is 3. The maximum absolute atomic E-state index is 15.4. The number of thiophene rings is 1. The van der Waals surface area contributed by atoms with E-state index in [1.807, 2.05) is 0 Å². The van der Waals surface area contributed by atoms with Crippen LogP contribution in [-0.4, -0.2) is 83.8 Å². The predicted molar refractivity (Wildman–Crippen MR) is 213 cm³/mol. The van der Waals surface area contributed by atoms with Crippen LogP contribution in [0.25, 0.3) is 42.8 Å². The lowest BCUT2D eigenvalue weighted by Gasteiger charge is -2.38. The Kier molecular flexibility index (Phi) is 10.2. The summed E-state index contributed by atoms with van der Waals surface area (Å²) in [4.78, 5) is 60.4. The molecule has 6 N–H and O–H groups in total. The van der Waals surface area contributed by atoms with Gasteiger partial charge in [-0.25, -0.2) is 23.8 Å². The normalized spacial score (nSPS) is 24.7. The topological polar surface area (TPSA) is 285 Å². The summed E-state index contributed by atoms with van der Waals surface area (Å²) in [6.07, 6.45) is -9.41. The third-order valence-corrected chi connectivity index (χ3v) is 13.3. The molecule has 21 heteroatoms. The lowest BCUT2D eigenvalue weighted by molar-refractivity contribution is -0.270. The van der Waals surface area contributed by atoms with Crippen LogP contribution in [0.3, 0.4) is 0 Å². The fourth-order valence-electron chi connectivity index (χ4n) is 8.90. The molecule has 3 aliphatic heterocycles. The zero-order chi connectivity index (χ0) is 43.9. The molecule has 1 saturated heterocycles. The molecule has 1 amide bonds. The summed E-state index contributed by atoms with van der Waals surface area (Å²) in [5, 5.41) is 59.5. The molecular weight excluding hydrogens is 836 g/mol. The van der Waals surface area contributed by atoms with Crippen molar-refractivity contribution in [1.29, 1.82) is 0 Å². The Morgan fingerprint density at radius 3 is 2.68 bits per heavy atom. The van der Waals surface area contributed by atoms with Gasteiger partial charge in [-0.05, 0) is 66.6 Å². The summed E-state index contributed by atoms with van der Waals surface area (Å²) < 4.78 is 39.6. The van der Waals surface area contributed by atoms with Gasteiger partial charge in [0.2, 0.25) is 6.29 Å². The van der Waals surface area contributed by atoms with Crippen LogP contribution in [0.5, 0.6) is 5.75 Å². The molecule has 7 atom stereocenters. The highest BCUT2D eigenvalue weighted by atomic mass is 32.1. The van der Waals surface area contributed by atoms with Gasteiger partial charge in [0.05, 0.1) is 41.6 Å². The number of esters is 1. The minimum Gasteiger partial charge on any atom is -0.479 e. The first kappa shape index (κ1) is 41.2. The van der Waals surface area contributed by atoms with E-state index < -0.39 is 71.8 Å². The number of ether oxygens (including phenoxy) is 4. The first-order chi connectivity index (χ1) is 29.6. The van der Waals surface area contributed by atoms with Crippen molar-refractivity contribution < 1.29 is 63.3 Å². The van der Waals surface area contributed by atoms with Gasteiger partial charge in [-0.15, -0.1) is 11.3 Å². The minimum absolute atomic E-state index is 0.0407. The lowest BCUT2D eigenvalue weighted by Crippen LogP contribution is -2.61. The molecule has 6 heterocycles. The van der Waals surface area contributed by atoms with Gasteiger partial charge in [0, 0.05) is 48.0 Å². The highest BCUT2D eigenvalue weighted by Gasteiger charge is 2.49. The predicted octanol–water partition coefficient (Wildman–Crippen LogP) is 3.74. The van der Waals surface area contributed by atoms with Gasteiger partial charge in [-0.1, -0.05) is 18.1 Å². The fourth-order valence-corrected chi connectivity index (χ4v) is 9.99. The largest absolute Gasteiger partial charge is 0.479 e. The minimum atomic E-state index is -2.05. The number of fused-ring (bicyclic) bond motifs is 6. The van der Waals surface area contributed by atoms with Crippen molar-refractivity contribution in [2.24, 2.45) is 5.11 Å². The Labute approximate surface area is 352 Å². The second-order valence-corrected chi connectivity index (χ2v) is 16.7. The fraction of sp³-hybridized carbons (Fsp3) is 0.390. The summed E-state index contributed by atoms with van der Waals surface area (Å²) in [6.45, 7) is 2.67. The van der Waals surface area contributed by atoms with Crippen molar-refractivity contribution in [2.45, 2.75) is 102 Å². The van der Waals surface area contributed by atoms with E-state index in [0.29, 0.717) is 77.9 Å². The number of rotatable bonds is 9. The Hall–Kier alpha value is -6.19. The number of hydrogen-bond donors (Lipinski definition) is 6. The number of aliphatic hydroxyl groups is 4. The Morgan fingerprint density at radius 1 is 1.15 bits per heavy atom. The second kappa shape index (κ2) is 15.3. The summed E-state index contributed by atoms with van der Waals surface area (Å²) >= 11 is 1.19. The van der Waals surface area contributed by atoms with Crippen LogP contribution in [0.15, 0.2) is 40.2 Å². The number of benzene rings is 2. The quantitative estimate of drug-likeness (QED) is 0.0523. The number of azide groups is 1. The summed E-state index contributed by atoms with van der Waals surface area (Å²) in [5.74, 6) is -2.84. The van der Waals surface area contributed by atoms with Gasteiger partial charge in [0.1, 0.15) is 43.1 Å². The Bertz CT molecular complexity index is 2880. The van der Waals surface area contributed by atoms with Gasteiger partial charge in [0.15, 0.2) is 11.7 Å². The SMILES string of the molecule is CC[C@]1(O)C(=O)OCc2c1cc1n(c2=O)Cc2c-1nc1cc(F)c(C)c3c1c2C(NC(=O)OCc1ccc(O[C@@H]2O[C@H](C(=O)O)[C@@H](O)[C@H](O)[C@H]2O)c2cc(CN=[N+]=[N-])sc12)CC3. The number of nitrogens with zero attached hydrogens (tertiary/aromatic N) is 5. The standard InChI is InChI=1S/C41H37FN6O13S/c1-3-41(57)22-9-26-30-20(12-48(26)36(52)21(22)14-58-39(41)55)29-24(6-5-18-15(2)23(42)10-25(45-30)28(18)29)46-40(56)59-13-16-4-7-27(19-8-17(11-44-47-43)62-35(16)19)60-38-33(51)31(49)32(50)34(61-38)37(53)54/h4,7-10,24,31-34,38,49-51,57H,3,5-6,11-14H2,1-2H3,(H,46,56)(H,53,54)/t24?,31-,32-,33+,34-,38+,41+/m0/s1. The Morgan fingerprint density at radius 2 is 1.94 bits per heavy atom. The van der Waals surface area contributed by atoms with Crippen LogP contribution >= 0.6 is 11.3 Å². The molecule has 0 radical (unpaired) electrons. The van der Waals surface area contributed by atoms with Crippen molar-refractivity contribution in [3.8, 4) is 17.1 Å². The van der Waals surface area contributed by atoms with E-state index >= 15 is 4.39 Å². The number of halogens is 1. The number of aryl methyl sites for hydroxylation is 1. The molecule has 2 aromatic carbocycles. The lowest BCUT2D eigenvalue weighted by atomic mass is 9.81. The van der Waals surface area contributed by atoms with Crippen molar-refractivity contribution in [3.63, 3.8) is 0 Å². The maximum atomic E-state index is 15.4. The zero-order valence-corrected chi connectivity index (χ0v) is 33.6. The molecular formula is C41H37FN6O13S. The third kappa shape index (κ3) is 6.43. The van der Waals surface area contributed by atoms with Crippen molar-refractivity contribution in [1.82, 2.24) is 14.9 Å². The molecule has 19 nitrogen and oxygen atoms in total. The van der Waals surface area contributed by atoms with Gasteiger partial charge < -0.3 is 54.4 Å². The number of carboxylic acid groups (broad SMARTS) is 1. The molecule has 0 saturated carbocycles. The van der Waals surface area contributed by atoms with Crippen molar-refractivity contribution in [3.05, 3.63) is 101 Å². The van der Waals surface area contributed by atoms with Crippen LogP contribution < -0.4 is 15.6 Å². The summed E-state index contributed by atoms with van der Waals surface area (Å²) in [6, 6.07) is 6.85. The molecule has 322 valence electrons. The number of aromatic nitrogens is 2. The zero-order valence-electron chi connectivity index (χ0n) is 32.8. The molecule has 0 spiro atoms. The van der Waals surface area contributed by atoms with Gasteiger partial charge in [0.25, 0.3) is 5.56 Å². The molecule has 4 aliphatic rings. The number of alkyl carbamates (subject to hydrolysis) is 1. The van der Waals surface area contributed by atoms with Gasteiger partial charge >= 0.3 is 18.0 Å². The van der Waals surface area contributed by atoms with Gasteiger partial charge in [-0.3, -0.25) is 4.79 Å². The molecule has 3 aromatic heterocycles. The number of amides is 1. The third-order valence-electron chi connectivity index (χ3n) is 12.2. The first-order valence-corrected chi connectivity index (χ1v) is 20.4. The maximum Gasteiger partial charge on any atom is 0.407 e. The van der Waals surface area contributed by atoms with E-state index in [1.165, 1.54) is 28.0 Å². The molecule has 62 heavy (non-hydrogen) atoms. The first-order valence-electron chi connectivity index (χ1n) is 19.5. The number of pyridine rings is 2. The van der Waals surface area contributed by atoms with E-state index in [2.05, 4.69) is 15.3 Å². The average Bonchev–Trinajstić information content (AvgIpc) is 3.86. The number of nitrogens with one attached hydrogen (secondary N) is 1. The number of aliphatic carboxylic acids is 1. The molecule has 0 bridgehead atoms. The van der Waals surface area contributed by atoms with E-state index in [-0.39, 0.29) is 49.6 Å². The number of carbonyl (C=O) groups excluding carboxylic acids is 2. The number of hydrogen-bond acceptors (Lipinski definition) is 15. The van der Waals surface area contributed by atoms with Crippen LogP contribution in [-0.2, 0) is 62.1 Å². The highest BCUT2D eigenvalue weighted by molar-refractivity contribution is 7.19. The van der Waals surface area contributed by atoms with E-state index in [4.69, 9.17) is 29.5 Å². The molecule has 1 aliphatic carbocycles. The smallest absolute Gasteiger partial charge is 0.407 e. The van der Waals surface area contributed by atoms with E-state index in [1.54, 1.807) is 32.0 Å². The average molecular weight is 873 g/mol. The Balaban J connectivity index is 1.03. The monoisotopic (exact) mass is 872 g/mol. The van der Waals surface area contributed by atoms with Crippen LogP contribution in [0.2, 0.25) is 0 Å². The van der Waals surface area contributed by atoms with Crippen LogP contribution in [0.1, 0.15) is 69.6 Å². The summed E-state index contributed by atoms with van der Waals surface area (Å²) in [5.41, 5.74) is 10.5. The van der Waals surface area contributed by atoms with Crippen LogP contribution in [0, 0.1) is 12.7 Å². The number of aliphatic hydroxyl groups excluding tert-OH is 3. The van der Waals surface area contributed by atoms with E-state index in [0.717, 1.165) is 0 Å². The second-order valence-electron chi connectivity index (χ2n) is 15.5. The summed E-state index contributed by atoms with van der Waals surface area (Å²) in [7, 11) is 0. The van der Waals surface area contributed by atoms with Crippen molar-refractivity contribution >= 4 is 50.4 Å². The number of cyclic esters (lactones) is 1. The van der Waals surface area contributed by atoms with Gasteiger partial charge in [-0.2, -0.15) is 0 Å². The van der Waals surface area contributed by atoms with Crippen molar-refractivity contribution in [2.75, 3.05) is 0 Å². The molecule has 9 rings (SSSR count).